The fourth-order valence-corrected chi connectivity index (χ4v) is 4.82. The number of halogens is 1. The third-order valence-electron chi connectivity index (χ3n) is 6.30. The van der Waals surface area contributed by atoms with E-state index in [0.717, 1.165) is 38.0 Å². The Bertz CT molecular complexity index is 603. The summed E-state index contributed by atoms with van der Waals surface area (Å²) in [4.78, 5) is 14.0. The highest BCUT2D eigenvalue weighted by atomic mass is 127. The van der Waals surface area contributed by atoms with Crippen molar-refractivity contribution in [3.63, 3.8) is 0 Å². The maximum Gasteiger partial charge on any atom is 0.193 e. The van der Waals surface area contributed by atoms with Gasteiger partial charge >= 0.3 is 0 Å². The molecule has 1 saturated carbocycles. The van der Waals surface area contributed by atoms with Crippen LogP contribution in [-0.2, 0) is 6.54 Å². The highest BCUT2D eigenvalue weighted by Crippen LogP contribution is 2.45. The molecule has 1 N–H and O–H groups in total. The predicted molar refractivity (Wildman–Crippen MR) is 118 cm³/mol. The first kappa shape index (κ1) is 19.7. The molecule has 0 radical (unpaired) electrons. The second kappa shape index (κ2) is 8.76. The molecule has 3 fully saturated rings. The van der Waals surface area contributed by atoms with Gasteiger partial charge in [0.05, 0.1) is 0 Å². The summed E-state index contributed by atoms with van der Waals surface area (Å²) in [7, 11) is 1.90. The molecule has 1 spiro atoms. The summed E-state index contributed by atoms with van der Waals surface area (Å²) in [5, 5.41) is 3.55. The average Bonchev–Trinajstić information content (AvgIpc) is 3.40. The lowest BCUT2D eigenvalue weighted by Crippen LogP contribution is -2.40. The molecular formula is C20H32IN5. The first-order valence-electron chi connectivity index (χ1n) is 9.94. The van der Waals surface area contributed by atoms with Crippen LogP contribution in [0.3, 0.4) is 0 Å². The number of nitrogens with zero attached hydrogens (tertiary/aromatic N) is 4. The lowest BCUT2D eigenvalue weighted by atomic mass is 9.86. The topological polar surface area (TPSA) is 43.8 Å². The lowest BCUT2D eigenvalue weighted by molar-refractivity contribution is 0.309. The van der Waals surface area contributed by atoms with Crippen molar-refractivity contribution in [2.24, 2.45) is 10.4 Å². The van der Waals surface area contributed by atoms with Crippen molar-refractivity contribution in [2.75, 3.05) is 38.1 Å². The van der Waals surface area contributed by atoms with Crippen LogP contribution in [0.25, 0.3) is 0 Å². The molecule has 4 rings (SSSR count). The molecule has 1 aliphatic carbocycles. The third-order valence-corrected chi connectivity index (χ3v) is 6.30. The van der Waals surface area contributed by atoms with Crippen molar-refractivity contribution in [3.8, 4) is 0 Å². The first-order chi connectivity index (χ1) is 12.3. The molecular weight excluding hydrogens is 437 g/mol. The van der Waals surface area contributed by atoms with Gasteiger partial charge in [-0.3, -0.25) is 4.99 Å². The highest BCUT2D eigenvalue weighted by molar-refractivity contribution is 14.0. The smallest absolute Gasteiger partial charge is 0.193 e. The largest absolute Gasteiger partial charge is 0.357 e. The zero-order chi connectivity index (χ0) is 17.1. The molecule has 3 aliphatic rings. The Balaban J connectivity index is 0.00000196. The Morgan fingerprint density at radius 2 is 1.88 bits per heavy atom. The predicted octanol–water partition coefficient (Wildman–Crippen LogP) is 3.64. The molecule has 6 heteroatoms. The quantitative estimate of drug-likeness (QED) is 0.417. The van der Waals surface area contributed by atoms with Crippen LogP contribution in [-0.4, -0.2) is 49.1 Å². The number of anilines is 1. The molecule has 2 saturated heterocycles. The van der Waals surface area contributed by atoms with E-state index in [1.165, 1.54) is 57.1 Å². The highest BCUT2D eigenvalue weighted by Gasteiger charge is 2.41. The fraction of sp³-hybridized carbons (Fsp3) is 0.700. The summed E-state index contributed by atoms with van der Waals surface area (Å²) in [5.41, 5.74) is 1.80. The molecule has 0 aromatic carbocycles. The van der Waals surface area contributed by atoms with Gasteiger partial charge in [0, 0.05) is 46.0 Å². The minimum Gasteiger partial charge on any atom is -0.357 e. The molecule has 26 heavy (non-hydrogen) atoms. The standard InChI is InChI=1S/C20H31N5.HI/c1-21-19(25-13-10-20(16-25)8-2-3-9-20)23-15-17-6-7-18(22-14-17)24-11-4-5-12-24;/h6-7,14H,2-5,8-13,15-16H2,1H3,(H,21,23);1H. The second-order valence-corrected chi connectivity index (χ2v) is 8.00. The third kappa shape index (κ3) is 4.26. The summed E-state index contributed by atoms with van der Waals surface area (Å²) in [6, 6.07) is 4.36. The number of pyridine rings is 1. The van der Waals surface area contributed by atoms with Crippen LogP contribution in [0.15, 0.2) is 23.3 Å². The minimum atomic E-state index is 0. The normalized spacial score (nSPS) is 22.1. The molecule has 1 aromatic rings. The SMILES string of the molecule is CN=C(NCc1ccc(N2CCCC2)nc1)N1CCC2(CCCC2)C1.I. The number of aromatic nitrogens is 1. The van der Waals surface area contributed by atoms with E-state index in [0.29, 0.717) is 5.41 Å². The van der Waals surface area contributed by atoms with Gasteiger partial charge < -0.3 is 15.1 Å². The van der Waals surface area contributed by atoms with E-state index in [1.54, 1.807) is 0 Å². The Morgan fingerprint density at radius 3 is 2.54 bits per heavy atom. The fourth-order valence-electron chi connectivity index (χ4n) is 4.82. The molecule has 144 valence electrons. The Morgan fingerprint density at radius 1 is 1.12 bits per heavy atom. The van der Waals surface area contributed by atoms with E-state index in [9.17, 15) is 0 Å². The van der Waals surface area contributed by atoms with Crippen LogP contribution >= 0.6 is 24.0 Å². The van der Waals surface area contributed by atoms with Gasteiger partial charge in [-0.05, 0) is 49.1 Å². The Hall–Kier alpha value is -1.05. The van der Waals surface area contributed by atoms with Gasteiger partial charge in [-0.25, -0.2) is 4.98 Å². The Kier molecular flexibility index (Phi) is 6.64. The summed E-state index contributed by atoms with van der Waals surface area (Å²) in [6.45, 7) is 5.41. The summed E-state index contributed by atoms with van der Waals surface area (Å²) >= 11 is 0. The summed E-state index contributed by atoms with van der Waals surface area (Å²) in [5.74, 6) is 2.17. The van der Waals surface area contributed by atoms with Crippen LogP contribution in [0.5, 0.6) is 0 Å². The Labute approximate surface area is 174 Å². The van der Waals surface area contributed by atoms with E-state index in [-0.39, 0.29) is 24.0 Å². The minimum absolute atomic E-state index is 0. The van der Waals surface area contributed by atoms with Crippen molar-refractivity contribution in [2.45, 2.75) is 51.5 Å². The van der Waals surface area contributed by atoms with Crippen molar-refractivity contribution in [1.82, 2.24) is 15.2 Å². The number of aliphatic imine (C=N–C) groups is 1. The van der Waals surface area contributed by atoms with Gasteiger partial charge in [0.15, 0.2) is 5.96 Å². The van der Waals surface area contributed by atoms with Crippen LogP contribution in [0.1, 0.15) is 50.5 Å². The molecule has 1 aromatic heterocycles. The number of nitrogens with one attached hydrogen (secondary N) is 1. The molecule has 0 amide bonds. The maximum absolute atomic E-state index is 4.65. The van der Waals surface area contributed by atoms with E-state index in [4.69, 9.17) is 0 Å². The van der Waals surface area contributed by atoms with Crippen LogP contribution in [0.2, 0.25) is 0 Å². The second-order valence-electron chi connectivity index (χ2n) is 8.00. The van der Waals surface area contributed by atoms with E-state index >= 15 is 0 Å². The monoisotopic (exact) mass is 469 g/mol. The number of likely N-dealkylation sites (tertiary alicyclic amines) is 1. The van der Waals surface area contributed by atoms with Gasteiger partial charge in [0.2, 0.25) is 0 Å². The van der Waals surface area contributed by atoms with E-state index in [2.05, 4.69) is 37.2 Å². The van der Waals surface area contributed by atoms with Crippen molar-refractivity contribution < 1.29 is 0 Å². The number of hydrogen-bond acceptors (Lipinski definition) is 3. The summed E-state index contributed by atoms with van der Waals surface area (Å²) in [6.07, 6.45) is 11.6. The number of guanidine groups is 1. The van der Waals surface area contributed by atoms with Gasteiger partial charge in [-0.1, -0.05) is 18.9 Å². The van der Waals surface area contributed by atoms with Gasteiger partial charge in [-0.15, -0.1) is 24.0 Å². The first-order valence-corrected chi connectivity index (χ1v) is 9.94. The summed E-state index contributed by atoms with van der Waals surface area (Å²) < 4.78 is 0. The van der Waals surface area contributed by atoms with Crippen molar-refractivity contribution >= 4 is 35.8 Å². The van der Waals surface area contributed by atoms with Crippen LogP contribution in [0.4, 0.5) is 5.82 Å². The lowest BCUT2D eigenvalue weighted by Gasteiger charge is -2.26. The van der Waals surface area contributed by atoms with E-state index < -0.39 is 0 Å². The molecule has 0 bridgehead atoms. The maximum atomic E-state index is 4.65. The number of hydrogen-bond donors (Lipinski definition) is 1. The molecule has 2 aliphatic heterocycles. The van der Waals surface area contributed by atoms with Gasteiger partial charge in [0.25, 0.3) is 0 Å². The molecule has 0 unspecified atom stereocenters. The molecule has 3 heterocycles. The number of rotatable bonds is 3. The average molecular weight is 469 g/mol. The van der Waals surface area contributed by atoms with Gasteiger partial charge in [0.1, 0.15) is 5.82 Å². The van der Waals surface area contributed by atoms with Gasteiger partial charge in [-0.2, -0.15) is 0 Å². The van der Waals surface area contributed by atoms with Crippen LogP contribution < -0.4 is 10.2 Å². The molecule has 0 atom stereocenters. The zero-order valence-corrected chi connectivity index (χ0v) is 18.2. The van der Waals surface area contributed by atoms with E-state index in [1.807, 2.05) is 13.2 Å². The van der Waals surface area contributed by atoms with Crippen LogP contribution in [0, 0.1) is 5.41 Å². The molecule has 5 nitrogen and oxygen atoms in total. The van der Waals surface area contributed by atoms with Crippen molar-refractivity contribution in [3.05, 3.63) is 23.9 Å². The van der Waals surface area contributed by atoms with Crippen molar-refractivity contribution in [1.29, 1.82) is 0 Å². The zero-order valence-electron chi connectivity index (χ0n) is 15.9.